The maximum atomic E-state index is 13.2. The van der Waals surface area contributed by atoms with Crippen LogP contribution < -0.4 is 15.6 Å². The fourth-order valence-corrected chi connectivity index (χ4v) is 3.47. The number of amidine groups is 1. The van der Waals surface area contributed by atoms with Crippen LogP contribution in [0.4, 0.5) is 19.0 Å². The molecule has 172 valence electrons. The minimum Gasteiger partial charge on any atom is -0.352 e. The SMILES string of the molecule is O=C1CC(NC(=O)c2ccc(N3CCN(C(=O)c4ccccc4C(F)(F)F)CC3)nn2)=NN1. The second-order valence-corrected chi connectivity index (χ2v) is 7.32. The Labute approximate surface area is 185 Å². The number of halogens is 3. The van der Waals surface area contributed by atoms with Crippen LogP contribution >= 0.6 is 0 Å². The molecule has 0 radical (unpaired) electrons. The molecule has 1 aromatic carbocycles. The number of anilines is 1. The number of carbonyl (C=O) groups is 3. The van der Waals surface area contributed by atoms with Gasteiger partial charge in [0.1, 0.15) is 5.84 Å². The number of piperazine rings is 1. The third-order valence-corrected chi connectivity index (χ3v) is 5.14. The summed E-state index contributed by atoms with van der Waals surface area (Å²) in [6, 6.07) is 7.76. The Balaban J connectivity index is 1.36. The van der Waals surface area contributed by atoms with E-state index in [9.17, 15) is 27.6 Å². The molecule has 0 saturated carbocycles. The topological polar surface area (TPSA) is 120 Å². The molecule has 1 saturated heterocycles. The summed E-state index contributed by atoms with van der Waals surface area (Å²) in [6.07, 6.45) is -4.65. The minimum absolute atomic E-state index is 0.0263. The van der Waals surface area contributed by atoms with Gasteiger partial charge in [0.25, 0.3) is 11.8 Å². The summed E-state index contributed by atoms with van der Waals surface area (Å²) in [5.74, 6) is -0.925. The Kier molecular flexibility index (Phi) is 5.94. The summed E-state index contributed by atoms with van der Waals surface area (Å²) in [7, 11) is 0. The number of benzene rings is 1. The molecule has 3 heterocycles. The fourth-order valence-electron chi connectivity index (χ4n) is 3.47. The molecular weight excluding hydrogens is 443 g/mol. The molecule has 2 aliphatic heterocycles. The van der Waals surface area contributed by atoms with Gasteiger partial charge in [-0.2, -0.15) is 18.3 Å². The lowest BCUT2D eigenvalue weighted by atomic mass is 10.1. The van der Waals surface area contributed by atoms with Crippen molar-refractivity contribution in [2.75, 3.05) is 31.1 Å². The van der Waals surface area contributed by atoms with E-state index < -0.39 is 23.6 Å². The smallest absolute Gasteiger partial charge is 0.352 e. The zero-order valence-corrected chi connectivity index (χ0v) is 17.1. The minimum atomic E-state index is -4.62. The lowest BCUT2D eigenvalue weighted by Crippen LogP contribution is -2.49. The van der Waals surface area contributed by atoms with Crippen LogP contribution in [-0.2, 0) is 11.0 Å². The van der Waals surface area contributed by atoms with Gasteiger partial charge in [0, 0.05) is 26.2 Å². The second kappa shape index (κ2) is 8.84. The largest absolute Gasteiger partial charge is 0.417 e. The highest BCUT2D eigenvalue weighted by atomic mass is 19.4. The van der Waals surface area contributed by atoms with E-state index in [0.29, 0.717) is 18.9 Å². The van der Waals surface area contributed by atoms with Crippen LogP contribution in [0, 0.1) is 0 Å². The summed E-state index contributed by atoms with van der Waals surface area (Å²) < 4.78 is 39.7. The highest BCUT2D eigenvalue weighted by Gasteiger charge is 2.36. The quantitative estimate of drug-likeness (QED) is 0.705. The van der Waals surface area contributed by atoms with Gasteiger partial charge in [-0.25, -0.2) is 5.43 Å². The molecule has 4 rings (SSSR count). The van der Waals surface area contributed by atoms with Crippen molar-refractivity contribution in [1.82, 2.24) is 25.8 Å². The molecule has 2 N–H and O–H groups in total. The first-order valence-corrected chi connectivity index (χ1v) is 9.93. The molecule has 2 aromatic rings. The van der Waals surface area contributed by atoms with E-state index in [0.717, 1.165) is 6.07 Å². The zero-order chi connectivity index (χ0) is 23.6. The Hall–Kier alpha value is -4.03. The summed E-state index contributed by atoms with van der Waals surface area (Å²) in [6.45, 7) is 1.08. The van der Waals surface area contributed by atoms with Gasteiger partial charge in [-0.15, -0.1) is 10.2 Å². The van der Waals surface area contributed by atoms with Crippen LogP contribution in [0.1, 0.15) is 32.8 Å². The van der Waals surface area contributed by atoms with Crippen LogP contribution in [0.25, 0.3) is 0 Å². The lowest BCUT2D eigenvalue weighted by molar-refractivity contribution is -0.138. The number of carbonyl (C=O) groups excluding carboxylic acids is 3. The van der Waals surface area contributed by atoms with Crippen molar-refractivity contribution in [3.8, 4) is 0 Å². The van der Waals surface area contributed by atoms with Crippen molar-refractivity contribution in [1.29, 1.82) is 0 Å². The van der Waals surface area contributed by atoms with Gasteiger partial charge in [-0.05, 0) is 24.3 Å². The first-order valence-electron chi connectivity index (χ1n) is 9.93. The van der Waals surface area contributed by atoms with Gasteiger partial charge in [0.2, 0.25) is 5.91 Å². The summed E-state index contributed by atoms with van der Waals surface area (Å²) >= 11 is 0. The molecule has 0 bridgehead atoms. The Morgan fingerprint density at radius 3 is 2.33 bits per heavy atom. The standard InChI is InChI=1S/C20H18F3N7O3/c21-20(22,23)13-4-2-1-3-12(13)19(33)30-9-7-29(8-10-30)16-6-5-14(25-27-16)18(32)24-15-11-17(31)28-26-15/h1-6H,7-11H2,(H,28,31)(H,24,26,32). The predicted octanol–water partition coefficient (Wildman–Crippen LogP) is 1.02. The van der Waals surface area contributed by atoms with Gasteiger partial charge in [0.05, 0.1) is 17.5 Å². The van der Waals surface area contributed by atoms with Gasteiger partial charge in [-0.1, -0.05) is 12.1 Å². The number of nitrogens with one attached hydrogen (secondary N) is 2. The lowest BCUT2D eigenvalue weighted by Gasteiger charge is -2.35. The molecule has 1 fully saturated rings. The number of amides is 3. The third-order valence-electron chi connectivity index (χ3n) is 5.14. The Bertz CT molecular complexity index is 1110. The van der Waals surface area contributed by atoms with Gasteiger partial charge in [0.15, 0.2) is 11.5 Å². The van der Waals surface area contributed by atoms with Crippen LogP contribution in [0.15, 0.2) is 41.5 Å². The summed E-state index contributed by atoms with van der Waals surface area (Å²) in [5.41, 5.74) is 0.910. The number of hydrazone groups is 1. The van der Waals surface area contributed by atoms with Gasteiger partial charge in [-0.3, -0.25) is 14.4 Å². The summed E-state index contributed by atoms with van der Waals surface area (Å²) in [4.78, 5) is 39.2. The normalized spacial score (nSPS) is 16.3. The fraction of sp³-hybridized carbons (Fsp3) is 0.300. The molecule has 3 amide bonds. The molecule has 2 aliphatic rings. The van der Waals surface area contributed by atoms with Crippen molar-refractivity contribution in [3.05, 3.63) is 53.2 Å². The molecule has 0 unspecified atom stereocenters. The van der Waals surface area contributed by atoms with Crippen LogP contribution in [0.2, 0.25) is 0 Å². The molecule has 0 atom stereocenters. The summed E-state index contributed by atoms with van der Waals surface area (Å²) in [5, 5.41) is 14.0. The highest BCUT2D eigenvalue weighted by molar-refractivity contribution is 6.12. The van der Waals surface area contributed by atoms with Crippen LogP contribution in [0.3, 0.4) is 0 Å². The maximum Gasteiger partial charge on any atom is 0.417 e. The van der Waals surface area contributed by atoms with Gasteiger partial charge < -0.3 is 15.1 Å². The maximum absolute atomic E-state index is 13.2. The average Bonchev–Trinajstić information content (AvgIpc) is 3.22. The van der Waals surface area contributed by atoms with Gasteiger partial charge >= 0.3 is 6.18 Å². The van der Waals surface area contributed by atoms with E-state index in [2.05, 4.69) is 26.0 Å². The van der Waals surface area contributed by atoms with E-state index in [1.165, 1.54) is 29.2 Å². The van der Waals surface area contributed by atoms with Crippen molar-refractivity contribution in [3.63, 3.8) is 0 Å². The van der Waals surface area contributed by atoms with E-state index in [-0.39, 0.29) is 42.5 Å². The second-order valence-electron chi connectivity index (χ2n) is 7.32. The van der Waals surface area contributed by atoms with Crippen molar-refractivity contribution >= 4 is 29.4 Å². The average molecular weight is 461 g/mol. The molecular formula is C20H18F3N7O3. The van der Waals surface area contributed by atoms with E-state index in [1.807, 2.05) is 4.90 Å². The van der Waals surface area contributed by atoms with Crippen molar-refractivity contribution in [2.24, 2.45) is 5.10 Å². The molecule has 0 aliphatic carbocycles. The molecule has 33 heavy (non-hydrogen) atoms. The molecule has 10 nitrogen and oxygen atoms in total. The third kappa shape index (κ3) is 4.91. The molecule has 0 spiro atoms. The number of nitrogens with zero attached hydrogens (tertiary/aromatic N) is 5. The van der Waals surface area contributed by atoms with Crippen LogP contribution in [0.5, 0.6) is 0 Å². The number of alkyl halides is 3. The number of hydrogen-bond donors (Lipinski definition) is 2. The monoisotopic (exact) mass is 461 g/mol. The predicted molar refractivity (Wildman–Crippen MR) is 109 cm³/mol. The van der Waals surface area contributed by atoms with E-state index in [1.54, 1.807) is 6.07 Å². The molecule has 1 aromatic heterocycles. The number of hydrogen-bond acceptors (Lipinski definition) is 7. The van der Waals surface area contributed by atoms with Crippen molar-refractivity contribution < 1.29 is 27.6 Å². The van der Waals surface area contributed by atoms with Crippen molar-refractivity contribution in [2.45, 2.75) is 12.6 Å². The zero-order valence-electron chi connectivity index (χ0n) is 17.1. The Morgan fingerprint density at radius 2 is 1.73 bits per heavy atom. The molecule has 13 heteroatoms. The van der Waals surface area contributed by atoms with E-state index >= 15 is 0 Å². The first kappa shape index (κ1) is 22.2. The Morgan fingerprint density at radius 1 is 1.00 bits per heavy atom. The number of rotatable bonds is 3. The van der Waals surface area contributed by atoms with Crippen LogP contribution in [-0.4, -0.2) is 64.8 Å². The highest BCUT2D eigenvalue weighted by Crippen LogP contribution is 2.32. The first-order chi connectivity index (χ1) is 15.7. The number of aromatic nitrogens is 2. The van der Waals surface area contributed by atoms with E-state index in [4.69, 9.17) is 0 Å².